The molecule has 1 saturated carbocycles. The Labute approximate surface area is 91.6 Å². The van der Waals surface area contributed by atoms with Crippen LogP contribution < -0.4 is 5.32 Å². The van der Waals surface area contributed by atoms with E-state index in [9.17, 15) is 4.79 Å². The van der Waals surface area contributed by atoms with E-state index in [0.717, 1.165) is 38.3 Å². The maximum absolute atomic E-state index is 11.9. The van der Waals surface area contributed by atoms with Crippen molar-refractivity contribution in [2.24, 2.45) is 11.3 Å². The Balaban J connectivity index is 1.72. The van der Waals surface area contributed by atoms with Gasteiger partial charge in [-0.3, -0.25) is 4.79 Å². The lowest BCUT2D eigenvalue weighted by molar-refractivity contribution is -0.156. The summed E-state index contributed by atoms with van der Waals surface area (Å²) >= 11 is 0. The van der Waals surface area contributed by atoms with E-state index in [2.05, 4.69) is 5.32 Å². The predicted molar refractivity (Wildman–Crippen MR) is 58.5 cm³/mol. The molecule has 0 bridgehead atoms. The van der Waals surface area contributed by atoms with Gasteiger partial charge in [0.15, 0.2) is 0 Å². The average Bonchev–Trinajstić information content (AvgIpc) is 3.03. The van der Waals surface area contributed by atoms with E-state index >= 15 is 0 Å². The highest BCUT2D eigenvalue weighted by molar-refractivity contribution is 5.76. The summed E-state index contributed by atoms with van der Waals surface area (Å²) < 4.78 is 5.37. The third kappa shape index (κ3) is 2.94. The van der Waals surface area contributed by atoms with E-state index in [0.29, 0.717) is 6.61 Å². The van der Waals surface area contributed by atoms with Gasteiger partial charge >= 0.3 is 5.97 Å². The fourth-order valence-electron chi connectivity index (χ4n) is 2.08. The van der Waals surface area contributed by atoms with Crippen molar-refractivity contribution in [2.75, 3.05) is 19.7 Å². The second-order valence-corrected chi connectivity index (χ2v) is 5.18. The van der Waals surface area contributed by atoms with E-state index in [1.54, 1.807) is 0 Å². The van der Waals surface area contributed by atoms with Crippen LogP contribution in [0, 0.1) is 11.3 Å². The Morgan fingerprint density at radius 3 is 2.67 bits per heavy atom. The number of hydrogen-bond acceptors (Lipinski definition) is 3. The molecule has 3 nitrogen and oxygen atoms in total. The Hall–Kier alpha value is -0.570. The molecular weight excluding hydrogens is 190 g/mol. The van der Waals surface area contributed by atoms with Crippen LogP contribution >= 0.6 is 0 Å². The Kier molecular flexibility index (Phi) is 3.29. The molecule has 1 N–H and O–H groups in total. The normalized spacial score (nSPS) is 24.9. The first-order chi connectivity index (χ1) is 7.21. The number of carbonyl (C=O) groups is 1. The van der Waals surface area contributed by atoms with Gasteiger partial charge in [0.2, 0.25) is 0 Å². The molecule has 1 heterocycles. The second kappa shape index (κ2) is 4.52. The van der Waals surface area contributed by atoms with Crippen LogP contribution in [0.4, 0.5) is 0 Å². The van der Waals surface area contributed by atoms with E-state index in [1.165, 1.54) is 12.8 Å². The molecule has 0 aromatic rings. The molecule has 0 unspecified atom stereocenters. The van der Waals surface area contributed by atoms with Crippen LogP contribution in [0.3, 0.4) is 0 Å². The topological polar surface area (TPSA) is 38.3 Å². The van der Waals surface area contributed by atoms with Crippen LogP contribution in [-0.2, 0) is 9.53 Å². The molecule has 3 heteroatoms. The van der Waals surface area contributed by atoms with E-state index in [1.807, 2.05) is 6.92 Å². The molecule has 0 spiro atoms. The summed E-state index contributed by atoms with van der Waals surface area (Å²) in [5, 5.41) is 3.27. The molecule has 86 valence electrons. The van der Waals surface area contributed by atoms with Crippen molar-refractivity contribution in [3.63, 3.8) is 0 Å². The number of esters is 1. The first-order valence-corrected chi connectivity index (χ1v) is 6.09. The van der Waals surface area contributed by atoms with Crippen LogP contribution in [0.2, 0.25) is 0 Å². The minimum atomic E-state index is -0.227. The summed E-state index contributed by atoms with van der Waals surface area (Å²) in [5.74, 6) is 0.864. The SMILES string of the molecule is CC1(C(=O)OCCC2CC2)CCNCC1. The average molecular weight is 211 g/mol. The molecule has 2 fully saturated rings. The van der Waals surface area contributed by atoms with Gasteiger partial charge in [-0.2, -0.15) is 0 Å². The highest BCUT2D eigenvalue weighted by Crippen LogP contribution is 2.33. The van der Waals surface area contributed by atoms with Gasteiger partial charge in [0.05, 0.1) is 12.0 Å². The van der Waals surface area contributed by atoms with Crippen molar-refractivity contribution < 1.29 is 9.53 Å². The van der Waals surface area contributed by atoms with Gasteiger partial charge in [-0.25, -0.2) is 0 Å². The van der Waals surface area contributed by atoms with Crippen LogP contribution in [0.5, 0.6) is 0 Å². The molecule has 0 aromatic carbocycles. The van der Waals surface area contributed by atoms with E-state index < -0.39 is 0 Å². The van der Waals surface area contributed by atoms with Gasteiger partial charge < -0.3 is 10.1 Å². The Morgan fingerprint density at radius 2 is 2.07 bits per heavy atom. The molecule has 2 rings (SSSR count). The lowest BCUT2D eigenvalue weighted by Crippen LogP contribution is -2.41. The van der Waals surface area contributed by atoms with E-state index in [-0.39, 0.29) is 11.4 Å². The zero-order valence-corrected chi connectivity index (χ0v) is 9.55. The van der Waals surface area contributed by atoms with Crippen molar-refractivity contribution in [2.45, 2.75) is 39.0 Å². The zero-order valence-electron chi connectivity index (χ0n) is 9.55. The predicted octanol–water partition coefficient (Wildman–Crippen LogP) is 1.72. The maximum Gasteiger partial charge on any atom is 0.311 e. The molecule has 2 aliphatic rings. The van der Waals surface area contributed by atoms with Crippen molar-refractivity contribution in [3.05, 3.63) is 0 Å². The highest BCUT2D eigenvalue weighted by atomic mass is 16.5. The second-order valence-electron chi connectivity index (χ2n) is 5.18. The van der Waals surface area contributed by atoms with Crippen LogP contribution in [0.25, 0.3) is 0 Å². The highest BCUT2D eigenvalue weighted by Gasteiger charge is 2.36. The van der Waals surface area contributed by atoms with Crippen molar-refractivity contribution in [1.82, 2.24) is 5.32 Å². The largest absolute Gasteiger partial charge is 0.465 e. The summed E-state index contributed by atoms with van der Waals surface area (Å²) in [7, 11) is 0. The van der Waals surface area contributed by atoms with Gasteiger partial charge in [-0.05, 0) is 45.2 Å². The number of rotatable bonds is 4. The first kappa shape index (κ1) is 10.9. The van der Waals surface area contributed by atoms with Crippen molar-refractivity contribution in [1.29, 1.82) is 0 Å². The smallest absolute Gasteiger partial charge is 0.311 e. The summed E-state index contributed by atoms with van der Waals surface area (Å²) in [6, 6.07) is 0. The fraction of sp³-hybridized carbons (Fsp3) is 0.917. The summed E-state index contributed by atoms with van der Waals surface area (Å²) in [4.78, 5) is 11.9. The fourth-order valence-corrected chi connectivity index (χ4v) is 2.08. The molecule has 0 amide bonds. The standard InChI is InChI=1S/C12H21NO2/c1-12(5-7-13-8-6-12)11(14)15-9-4-10-2-3-10/h10,13H,2-9H2,1H3. The van der Waals surface area contributed by atoms with Crippen molar-refractivity contribution in [3.8, 4) is 0 Å². The molecule has 0 atom stereocenters. The van der Waals surface area contributed by atoms with Gasteiger partial charge in [-0.15, -0.1) is 0 Å². The third-order valence-electron chi connectivity index (χ3n) is 3.66. The summed E-state index contributed by atoms with van der Waals surface area (Å²) in [5.41, 5.74) is -0.227. The van der Waals surface area contributed by atoms with E-state index in [4.69, 9.17) is 4.74 Å². The number of ether oxygens (including phenoxy) is 1. The molecule has 0 radical (unpaired) electrons. The molecule has 1 aliphatic carbocycles. The molecule has 1 aliphatic heterocycles. The molecular formula is C12H21NO2. The van der Waals surface area contributed by atoms with Gasteiger partial charge in [0.1, 0.15) is 0 Å². The minimum absolute atomic E-state index is 0.0182. The third-order valence-corrected chi connectivity index (χ3v) is 3.66. The zero-order chi connectivity index (χ0) is 10.7. The maximum atomic E-state index is 11.9. The number of carbonyl (C=O) groups excluding carboxylic acids is 1. The number of hydrogen-bond donors (Lipinski definition) is 1. The van der Waals surface area contributed by atoms with Gasteiger partial charge in [-0.1, -0.05) is 12.8 Å². The van der Waals surface area contributed by atoms with Crippen molar-refractivity contribution >= 4 is 5.97 Å². The molecule has 15 heavy (non-hydrogen) atoms. The van der Waals surface area contributed by atoms with Crippen LogP contribution in [-0.4, -0.2) is 25.7 Å². The lowest BCUT2D eigenvalue weighted by atomic mass is 9.81. The number of piperidine rings is 1. The minimum Gasteiger partial charge on any atom is -0.465 e. The summed E-state index contributed by atoms with van der Waals surface area (Å²) in [6.45, 7) is 4.54. The lowest BCUT2D eigenvalue weighted by Gasteiger charge is -2.31. The number of nitrogens with one attached hydrogen (secondary N) is 1. The Bertz CT molecular complexity index is 230. The first-order valence-electron chi connectivity index (χ1n) is 6.09. The van der Waals surface area contributed by atoms with Gasteiger partial charge in [0.25, 0.3) is 0 Å². The molecule has 0 aromatic heterocycles. The van der Waals surface area contributed by atoms with Gasteiger partial charge in [0, 0.05) is 0 Å². The monoisotopic (exact) mass is 211 g/mol. The summed E-state index contributed by atoms with van der Waals surface area (Å²) in [6.07, 6.45) is 5.56. The van der Waals surface area contributed by atoms with Crippen LogP contribution in [0.15, 0.2) is 0 Å². The van der Waals surface area contributed by atoms with Crippen LogP contribution in [0.1, 0.15) is 39.0 Å². The Morgan fingerprint density at radius 1 is 1.40 bits per heavy atom. The quantitative estimate of drug-likeness (QED) is 0.720. The molecule has 1 saturated heterocycles.